The molecule has 1 aromatic heterocycles. The number of rotatable bonds is 9. The van der Waals surface area contributed by atoms with Crippen LogP contribution in [0.1, 0.15) is 88.1 Å². The molecule has 42 heavy (non-hydrogen) atoms. The fourth-order valence-electron chi connectivity index (χ4n) is 8.71. The van der Waals surface area contributed by atoms with E-state index in [9.17, 15) is 9.59 Å². The van der Waals surface area contributed by atoms with E-state index in [1.54, 1.807) is 0 Å². The number of nitrogens with zero attached hydrogens (tertiary/aromatic N) is 4. The predicted octanol–water partition coefficient (Wildman–Crippen LogP) is 6.09. The van der Waals surface area contributed by atoms with Crippen molar-refractivity contribution in [2.75, 3.05) is 19.6 Å². The molecular weight excluding hydrogens is 520 g/mol. The van der Waals surface area contributed by atoms with E-state index >= 15 is 0 Å². The van der Waals surface area contributed by atoms with Crippen LogP contribution in [0.4, 0.5) is 0 Å². The van der Waals surface area contributed by atoms with E-state index in [4.69, 9.17) is 4.98 Å². The number of likely N-dealkylation sites (tertiary alicyclic amines) is 1. The highest BCUT2D eigenvalue weighted by Crippen LogP contribution is 2.46. The van der Waals surface area contributed by atoms with Gasteiger partial charge >= 0.3 is 0 Å². The summed E-state index contributed by atoms with van der Waals surface area (Å²) in [6.07, 6.45) is 12.9. The van der Waals surface area contributed by atoms with Gasteiger partial charge in [0.25, 0.3) is 0 Å². The molecule has 3 saturated heterocycles. The quantitative estimate of drug-likeness (QED) is 0.316. The summed E-state index contributed by atoms with van der Waals surface area (Å²) in [5.41, 5.74) is 3.83. The van der Waals surface area contributed by atoms with E-state index < -0.39 is 0 Å². The van der Waals surface area contributed by atoms with E-state index in [1.807, 2.05) is 0 Å². The van der Waals surface area contributed by atoms with Crippen LogP contribution in [0.2, 0.25) is 0 Å². The number of hydrogen-bond acceptors (Lipinski definition) is 4. The largest absolute Gasteiger partial charge is 0.342 e. The third kappa shape index (κ3) is 4.90. The van der Waals surface area contributed by atoms with Crippen LogP contribution in [0.3, 0.4) is 0 Å². The van der Waals surface area contributed by atoms with Crippen molar-refractivity contribution < 1.29 is 9.59 Å². The molecule has 2 aliphatic carbocycles. The number of aromatic nitrogens is 2. The Morgan fingerprint density at radius 2 is 1.45 bits per heavy atom. The number of carbonyl (C=O) groups excluding carboxylic acids is 2. The first kappa shape index (κ1) is 26.6. The highest BCUT2D eigenvalue weighted by molar-refractivity contribution is 5.86. The number of piperidine rings is 2. The SMILES string of the molecule is O=C(Cc1nc2ccccc2n1C1C[C@H]2CC[C@@H](C1)N2CCC1(c2ccccc2)CCN(C(=O)C2CC2)CC1)C1CC1. The van der Waals surface area contributed by atoms with Crippen molar-refractivity contribution in [3.63, 3.8) is 0 Å². The molecule has 8 rings (SSSR count). The first-order valence-corrected chi connectivity index (χ1v) is 16.7. The van der Waals surface area contributed by atoms with Crippen molar-refractivity contribution in [2.24, 2.45) is 11.8 Å². The van der Waals surface area contributed by atoms with Crippen LogP contribution in [0, 0.1) is 11.8 Å². The van der Waals surface area contributed by atoms with Crippen molar-refractivity contribution in [3.05, 3.63) is 66.0 Å². The number of benzene rings is 2. The Balaban J connectivity index is 0.995. The van der Waals surface area contributed by atoms with Gasteiger partial charge < -0.3 is 9.47 Å². The van der Waals surface area contributed by atoms with Gasteiger partial charge in [0, 0.05) is 43.1 Å². The Kier molecular flexibility index (Phi) is 6.73. The molecule has 3 aliphatic heterocycles. The van der Waals surface area contributed by atoms with E-state index in [-0.39, 0.29) is 11.3 Å². The fourth-order valence-corrected chi connectivity index (χ4v) is 8.71. The van der Waals surface area contributed by atoms with Crippen molar-refractivity contribution >= 4 is 22.7 Å². The van der Waals surface area contributed by atoms with Gasteiger partial charge in [0.15, 0.2) is 0 Å². The van der Waals surface area contributed by atoms with Gasteiger partial charge in [-0.15, -0.1) is 0 Å². The second-order valence-electron chi connectivity index (χ2n) is 14.0. The molecule has 6 nitrogen and oxygen atoms in total. The van der Waals surface area contributed by atoms with Gasteiger partial charge in [-0.1, -0.05) is 42.5 Å². The smallest absolute Gasteiger partial charge is 0.225 e. The lowest BCUT2D eigenvalue weighted by Crippen LogP contribution is -2.49. The second kappa shape index (κ2) is 10.6. The highest BCUT2D eigenvalue weighted by Gasteiger charge is 2.45. The summed E-state index contributed by atoms with van der Waals surface area (Å²) in [5.74, 6) is 2.35. The zero-order valence-corrected chi connectivity index (χ0v) is 24.8. The lowest BCUT2D eigenvalue weighted by atomic mass is 9.70. The molecule has 2 aromatic carbocycles. The molecule has 4 heterocycles. The van der Waals surface area contributed by atoms with E-state index in [0.29, 0.717) is 42.2 Å². The summed E-state index contributed by atoms with van der Waals surface area (Å²) in [6, 6.07) is 21.2. The minimum absolute atomic E-state index is 0.148. The zero-order valence-electron chi connectivity index (χ0n) is 24.8. The van der Waals surface area contributed by atoms with Gasteiger partial charge in [-0.05, 0) is 100 Å². The maximum atomic E-state index is 12.9. The number of ketones is 1. The van der Waals surface area contributed by atoms with Crippen LogP contribution in [0.25, 0.3) is 11.0 Å². The Morgan fingerprint density at radius 3 is 2.14 bits per heavy atom. The van der Waals surface area contributed by atoms with Gasteiger partial charge in [0.05, 0.1) is 17.5 Å². The van der Waals surface area contributed by atoms with Crippen LogP contribution < -0.4 is 0 Å². The Bertz CT molecular complexity index is 1450. The molecule has 2 saturated carbocycles. The van der Waals surface area contributed by atoms with E-state index in [0.717, 1.165) is 88.8 Å². The Morgan fingerprint density at radius 1 is 0.786 bits per heavy atom. The Hall–Kier alpha value is -2.99. The number of para-hydroxylation sites is 2. The van der Waals surface area contributed by atoms with Gasteiger partial charge in [-0.3, -0.25) is 14.5 Å². The van der Waals surface area contributed by atoms with Gasteiger partial charge in [0.1, 0.15) is 11.6 Å². The number of amides is 1. The number of carbonyl (C=O) groups is 2. The first-order valence-electron chi connectivity index (χ1n) is 16.7. The van der Waals surface area contributed by atoms with Crippen molar-refractivity contribution in [1.82, 2.24) is 19.4 Å². The second-order valence-corrected chi connectivity index (χ2v) is 14.0. The molecule has 220 valence electrons. The molecule has 3 aromatic rings. The molecule has 0 N–H and O–H groups in total. The van der Waals surface area contributed by atoms with Crippen LogP contribution in [0.15, 0.2) is 54.6 Å². The summed E-state index contributed by atoms with van der Waals surface area (Å²) < 4.78 is 2.47. The third-order valence-corrected chi connectivity index (χ3v) is 11.5. The first-order chi connectivity index (χ1) is 20.6. The van der Waals surface area contributed by atoms with Crippen molar-refractivity contribution in [3.8, 4) is 0 Å². The van der Waals surface area contributed by atoms with Crippen LogP contribution in [-0.4, -0.2) is 62.8 Å². The normalized spacial score (nSPS) is 27.4. The van der Waals surface area contributed by atoms with Gasteiger partial charge in [-0.2, -0.15) is 0 Å². The van der Waals surface area contributed by atoms with Crippen molar-refractivity contribution in [2.45, 2.75) is 101 Å². The molecule has 5 aliphatic rings. The predicted molar refractivity (Wildman–Crippen MR) is 164 cm³/mol. The average Bonchev–Trinajstić information content (AvgIpc) is 3.95. The molecule has 5 fully saturated rings. The zero-order chi connectivity index (χ0) is 28.3. The lowest BCUT2D eigenvalue weighted by molar-refractivity contribution is -0.134. The van der Waals surface area contributed by atoms with Crippen LogP contribution in [0.5, 0.6) is 0 Å². The minimum atomic E-state index is 0.148. The molecule has 2 bridgehead atoms. The Labute approximate surface area is 249 Å². The maximum Gasteiger partial charge on any atom is 0.225 e. The third-order valence-electron chi connectivity index (χ3n) is 11.5. The summed E-state index contributed by atoms with van der Waals surface area (Å²) in [6.45, 7) is 2.93. The molecule has 6 heteroatoms. The van der Waals surface area contributed by atoms with E-state index in [1.165, 1.54) is 23.9 Å². The number of Topliss-reactive ketones (excluding diaryl/α,β-unsaturated/α-hetero) is 1. The number of hydrogen-bond donors (Lipinski definition) is 0. The van der Waals surface area contributed by atoms with Crippen LogP contribution >= 0.6 is 0 Å². The summed E-state index contributed by atoms with van der Waals surface area (Å²) in [4.78, 5) is 35.7. The maximum absolute atomic E-state index is 12.9. The topological polar surface area (TPSA) is 58.4 Å². The monoisotopic (exact) mass is 564 g/mol. The fraction of sp³-hybridized carbons (Fsp3) is 0.583. The van der Waals surface area contributed by atoms with Gasteiger partial charge in [0.2, 0.25) is 5.91 Å². The molecule has 3 atom stereocenters. The highest BCUT2D eigenvalue weighted by atomic mass is 16.2. The molecule has 1 unspecified atom stereocenters. The minimum Gasteiger partial charge on any atom is -0.342 e. The standard InChI is InChI=1S/C36H44N4O2/c41-33(25-10-11-25)24-34-37-31-8-4-5-9-32(31)40(34)30-22-28-14-15-29(23-30)39(28)21-18-36(27-6-2-1-3-7-27)16-19-38(20-17-36)35(42)26-12-13-26/h1-9,25-26,28-30H,10-24H2/t28-,29+,30?. The molecule has 0 radical (unpaired) electrons. The van der Waals surface area contributed by atoms with Crippen LogP contribution in [-0.2, 0) is 21.4 Å². The van der Waals surface area contributed by atoms with Crippen molar-refractivity contribution in [1.29, 1.82) is 0 Å². The van der Waals surface area contributed by atoms with E-state index in [2.05, 4.69) is 69.0 Å². The summed E-state index contributed by atoms with van der Waals surface area (Å²) in [5, 5.41) is 0. The lowest BCUT2D eigenvalue weighted by Gasteiger charge is -2.46. The average molecular weight is 565 g/mol. The summed E-state index contributed by atoms with van der Waals surface area (Å²) >= 11 is 0. The number of imidazole rings is 1. The molecular formula is C36H44N4O2. The molecule has 1 amide bonds. The number of fused-ring (bicyclic) bond motifs is 3. The summed E-state index contributed by atoms with van der Waals surface area (Å²) in [7, 11) is 0. The van der Waals surface area contributed by atoms with Gasteiger partial charge in [-0.25, -0.2) is 4.98 Å². The molecule has 0 spiro atoms.